The second-order valence-electron chi connectivity index (χ2n) is 6.11. The van der Waals surface area contributed by atoms with E-state index in [9.17, 15) is 9.59 Å². The SMILES string of the molecule is COC(=O)Cn1c(=NC(=O)c2ccc3ccccc3c2)sc2cccc(Cl)c21. The summed E-state index contributed by atoms with van der Waals surface area (Å²) in [6.07, 6.45) is 0. The molecule has 3 aromatic carbocycles. The van der Waals surface area contributed by atoms with Crippen LogP contribution in [0.25, 0.3) is 21.0 Å². The van der Waals surface area contributed by atoms with E-state index in [1.54, 1.807) is 16.7 Å². The average Bonchev–Trinajstić information content (AvgIpc) is 3.05. The summed E-state index contributed by atoms with van der Waals surface area (Å²) in [5.74, 6) is -0.828. The van der Waals surface area contributed by atoms with E-state index in [2.05, 4.69) is 4.99 Å². The topological polar surface area (TPSA) is 60.7 Å². The highest BCUT2D eigenvalue weighted by atomic mass is 35.5. The molecule has 0 unspecified atom stereocenters. The number of rotatable bonds is 3. The first-order chi connectivity index (χ1) is 13.6. The Labute approximate surface area is 169 Å². The predicted molar refractivity (Wildman–Crippen MR) is 111 cm³/mol. The third-order valence-corrected chi connectivity index (χ3v) is 5.71. The van der Waals surface area contributed by atoms with Crippen molar-refractivity contribution in [1.82, 2.24) is 4.57 Å². The lowest BCUT2D eigenvalue weighted by molar-refractivity contribution is -0.141. The van der Waals surface area contributed by atoms with E-state index in [4.69, 9.17) is 16.3 Å². The molecular weight excluding hydrogens is 396 g/mol. The van der Waals surface area contributed by atoms with Crippen molar-refractivity contribution in [2.24, 2.45) is 4.99 Å². The fourth-order valence-corrected chi connectivity index (χ4v) is 4.37. The third kappa shape index (κ3) is 3.44. The summed E-state index contributed by atoms with van der Waals surface area (Å²) in [5.41, 5.74) is 1.14. The number of benzene rings is 3. The van der Waals surface area contributed by atoms with Crippen LogP contribution in [0.5, 0.6) is 0 Å². The molecule has 28 heavy (non-hydrogen) atoms. The van der Waals surface area contributed by atoms with Crippen molar-refractivity contribution in [3.63, 3.8) is 0 Å². The number of carbonyl (C=O) groups excluding carboxylic acids is 2. The predicted octanol–water partition coefficient (Wildman–Crippen LogP) is 4.42. The van der Waals surface area contributed by atoms with Crippen molar-refractivity contribution in [2.75, 3.05) is 7.11 Å². The molecule has 5 nitrogen and oxygen atoms in total. The van der Waals surface area contributed by atoms with Crippen LogP contribution < -0.4 is 4.80 Å². The van der Waals surface area contributed by atoms with Gasteiger partial charge >= 0.3 is 5.97 Å². The average molecular weight is 411 g/mol. The van der Waals surface area contributed by atoms with Crippen molar-refractivity contribution in [2.45, 2.75) is 6.54 Å². The van der Waals surface area contributed by atoms with Gasteiger partial charge in [-0.3, -0.25) is 9.59 Å². The van der Waals surface area contributed by atoms with Crippen molar-refractivity contribution < 1.29 is 14.3 Å². The Morgan fingerprint density at radius 1 is 1.07 bits per heavy atom. The highest BCUT2D eigenvalue weighted by molar-refractivity contribution is 7.16. The monoisotopic (exact) mass is 410 g/mol. The van der Waals surface area contributed by atoms with Gasteiger partial charge < -0.3 is 9.30 Å². The number of hydrogen-bond donors (Lipinski definition) is 0. The van der Waals surface area contributed by atoms with Gasteiger partial charge in [0.05, 0.1) is 22.3 Å². The summed E-state index contributed by atoms with van der Waals surface area (Å²) in [7, 11) is 1.32. The Morgan fingerprint density at radius 2 is 1.86 bits per heavy atom. The van der Waals surface area contributed by atoms with Crippen LogP contribution in [0.4, 0.5) is 0 Å². The molecule has 0 N–H and O–H groups in total. The number of thiazole rings is 1. The fraction of sp³-hybridized carbons (Fsp3) is 0.0952. The van der Waals surface area contributed by atoms with Gasteiger partial charge in [-0.15, -0.1) is 0 Å². The molecule has 1 aromatic heterocycles. The fourth-order valence-electron chi connectivity index (χ4n) is 2.99. The van der Waals surface area contributed by atoms with Crippen LogP contribution in [0.1, 0.15) is 10.4 Å². The number of fused-ring (bicyclic) bond motifs is 2. The van der Waals surface area contributed by atoms with Gasteiger partial charge in [0.25, 0.3) is 5.91 Å². The third-order valence-electron chi connectivity index (χ3n) is 4.36. The maximum Gasteiger partial charge on any atom is 0.325 e. The van der Waals surface area contributed by atoms with Gasteiger partial charge in [-0.25, -0.2) is 0 Å². The number of para-hydroxylation sites is 1. The van der Waals surface area contributed by atoms with Crippen molar-refractivity contribution in [1.29, 1.82) is 0 Å². The minimum absolute atomic E-state index is 0.0793. The number of hydrogen-bond acceptors (Lipinski definition) is 4. The lowest BCUT2D eigenvalue weighted by Gasteiger charge is -2.05. The molecule has 0 fully saturated rings. The first-order valence-electron chi connectivity index (χ1n) is 8.49. The molecular formula is C21H15ClN2O3S. The molecule has 0 aliphatic rings. The lowest BCUT2D eigenvalue weighted by atomic mass is 10.1. The van der Waals surface area contributed by atoms with Gasteiger partial charge in [-0.1, -0.05) is 59.3 Å². The van der Waals surface area contributed by atoms with Crippen LogP contribution in [0.2, 0.25) is 5.02 Å². The molecule has 0 saturated carbocycles. The number of nitrogens with zero attached hydrogens (tertiary/aromatic N) is 2. The minimum Gasteiger partial charge on any atom is -0.468 e. The number of carbonyl (C=O) groups is 2. The Balaban J connectivity index is 1.85. The quantitative estimate of drug-likeness (QED) is 0.469. The second-order valence-corrected chi connectivity index (χ2v) is 7.53. The van der Waals surface area contributed by atoms with E-state index in [1.807, 2.05) is 48.5 Å². The van der Waals surface area contributed by atoms with Gasteiger partial charge in [0, 0.05) is 5.56 Å². The normalized spacial score (nSPS) is 11.9. The van der Waals surface area contributed by atoms with Crippen LogP contribution in [0, 0.1) is 0 Å². The largest absolute Gasteiger partial charge is 0.468 e. The van der Waals surface area contributed by atoms with Gasteiger partial charge in [0.1, 0.15) is 6.54 Å². The van der Waals surface area contributed by atoms with E-state index >= 15 is 0 Å². The molecule has 0 aliphatic heterocycles. The molecule has 0 radical (unpaired) electrons. The van der Waals surface area contributed by atoms with E-state index in [0.29, 0.717) is 20.9 Å². The number of esters is 1. The van der Waals surface area contributed by atoms with Crippen molar-refractivity contribution in [3.05, 3.63) is 76.1 Å². The second kappa shape index (κ2) is 7.58. The van der Waals surface area contributed by atoms with Crippen LogP contribution >= 0.6 is 22.9 Å². The van der Waals surface area contributed by atoms with Crippen molar-refractivity contribution >= 4 is 55.8 Å². The maximum absolute atomic E-state index is 12.8. The van der Waals surface area contributed by atoms with E-state index in [1.165, 1.54) is 18.4 Å². The van der Waals surface area contributed by atoms with Crippen LogP contribution in [0.15, 0.2) is 65.7 Å². The molecule has 0 atom stereocenters. The van der Waals surface area contributed by atoms with E-state index in [0.717, 1.165) is 15.5 Å². The molecule has 0 aliphatic carbocycles. The smallest absolute Gasteiger partial charge is 0.325 e. The Kier molecular flexibility index (Phi) is 4.98. The number of aromatic nitrogens is 1. The molecule has 4 aromatic rings. The van der Waals surface area contributed by atoms with Crippen molar-refractivity contribution in [3.8, 4) is 0 Å². The molecule has 7 heteroatoms. The van der Waals surface area contributed by atoms with Crippen LogP contribution in [-0.2, 0) is 16.1 Å². The summed E-state index contributed by atoms with van der Waals surface area (Å²) in [5, 5.41) is 2.50. The minimum atomic E-state index is -0.445. The number of methoxy groups -OCH3 is 1. The molecule has 140 valence electrons. The molecule has 0 bridgehead atoms. The van der Waals surface area contributed by atoms with Gasteiger partial charge in [0.15, 0.2) is 4.80 Å². The standard InChI is InChI=1S/C21H15ClN2O3S/c1-27-18(25)12-24-19-16(22)7-4-8-17(19)28-21(24)23-20(26)15-10-9-13-5-2-3-6-14(13)11-15/h2-11H,12H2,1H3. The van der Waals surface area contributed by atoms with Gasteiger partial charge in [-0.05, 0) is 35.0 Å². The zero-order chi connectivity index (χ0) is 19.7. The Morgan fingerprint density at radius 3 is 2.64 bits per heavy atom. The highest BCUT2D eigenvalue weighted by Gasteiger charge is 2.14. The molecule has 0 spiro atoms. The number of ether oxygens (including phenoxy) is 1. The van der Waals surface area contributed by atoms with Crippen LogP contribution in [0.3, 0.4) is 0 Å². The van der Waals surface area contributed by atoms with E-state index in [-0.39, 0.29) is 12.5 Å². The zero-order valence-electron chi connectivity index (χ0n) is 14.9. The van der Waals surface area contributed by atoms with E-state index < -0.39 is 5.97 Å². The summed E-state index contributed by atoms with van der Waals surface area (Å²) >= 11 is 7.63. The maximum atomic E-state index is 12.8. The van der Waals surface area contributed by atoms with Gasteiger partial charge in [-0.2, -0.15) is 4.99 Å². The lowest BCUT2D eigenvalue weighted by Crippen LogP contribution is -2.22. The Bertz CT molecular complexity index is 1290. The number of amides is 1. The number of halogens is 1. The molecule has 1 amide bonds. The van der Waals surface area contributed by atoms with Gasteiger partial charge in [0.2, 0.25) is 0 Å². The van der Waals surface area contributed by atoms with Crippen LogP contribution in [-0.4, -0.2) is 23.6 Å². The molecule has 1 heterocycles. The summed E-state index contributed by atoms with van der Waals surface area (Å²) in [4.78, 5) is 29.4. The first-order valence-corrected chi connectivity index (χ1v) is 9.69. The molecule has 4 rings (SSSR count). The summed E-state index contributed by atoms with van der Waals surface area (Å²) in [6, 6.07) is 18.7. The first kappa shape index (κ1) is 18.4. The Hall–Kier alpha value is -2.96. The molecule has 0 saturated heterocycles. The summed E-state index contributed by atoms with van der Waals surface area (Å²) in [6.45, 7) is -0.0793. The zero-order valence-corrected chi connectivity index (χ0v) is 16.5. The highest BCUT2D eigenvalue weighted by Crippen LogP contribution is 2.25. The summed E-state index contributed by atoms with van der Waals surface area (Å²) < 4.78 is 7.23.